The summed E-state index contributed by atoms with van der Waals surface area (Å²) >= 11 is 0. The lowest BCUT2D eigenvalue weighted by molar-refractivity contribution is 0.102. The summed E-state index contributed by atoms with van der Waals surface area (Å²) in [6, 6.07) is 7.05. The Labute approximate surface area is 137 Å². The summed E-state index contributed by atoms with van der Waals surface area (Å²) in [5.41, 5.74) is 1.10. The number of aromatic nitrogens is 6. The van der Waals surface area contributed by atoms with Crippen LogP contribution < -0.4 is 5.32 Å². The van der Waals surface area contributed by atoms with Crippen molar-refractivity contribution < 1.29 is 4.79 Å². The molecule has 0 bridgehead atoms. The first-order valence-corrected chi connectivity index (χ1v) is 6.86. The monoisotopic (exact) mass is 321 g/mol. The van der Waals surface area contributed by atoms with Gasteiger partial charge in [0.05, 0.1) is 11.8 Å². The highest BCUT2D eigenvalue weighted by Gasteiger charge is 2.09. The smallest absolute Gasteiger partial charge is 0.258 e. The quantitative estimate of drug-likeness (QED) is 0.625. The van der Waals surface area contributed by atoms with Crippen LogP contribution in [0.25, 0.3) is 11.5 Å². The molecule has 0 spiro atoms. The van der Waals surface area contributed by atoms with Crippen LogP contribution in [0.3, 0.4) is 0 Å². The lowest BCUT2D eigenvalue weighted by Crippen LogP contribution is -2.12. The van der Waals surface area contributed by atoms with Crippen LogP contribution in [0.5, 0.6) is 0 Å². The summed E-state index contributed by atoms with van der Waals surface area (Å²) < 4.78 is 3.39. The predicted octanol–water partition coefficient (Wildman–Crippen LogP) is 2.20. The van der Waals surface area contributed by atoms with Crippen LogP contribution in [0.15, 0.2) is 61.6 Å². The minimum absolute atomic E-state index is 0. The van der Waals surface area contributed by atoms with Gasteiger partial charge < -0.3 is 5.32 Å². The normalized spacial score (nSPS) is 10.3. The molecular formula is C16H15N7O. The highest BCUT2D eigenvalue weighted by Crippen LogP contribution is 2.12. The molecule has 8 heteroatoms. The Morgan fingerprint density at radius 2 is 2.04 bits per heavy atom. The number of carbonyl (C=O) groups is 1. The van der Waals surface area contributed by atoms with E-state index in [0.717, 1.165) is 0 Å². The third-order valence-electron chi connectivity index (χ3n) is 3.24. The van der Waals surface area contributed by atoms with Gasteiger partial charge in [0, 0.05) is 24.8 Å². The second-order valence-electron chi connectivity index (χ2n) is 4.79. The molecule has 0 radical (unpaired) electrons. The summed E-state index contributed by atoms with van der Waals surface area (Å²) in [5.74, 6) is 0.864. The maximum atomic E-state index is 12.1. The molecule has 4 aromatic heterocycles. The molecule has 1 N–H and O–H groups in total. The summed E-state index contributed by atoms with van der Waals surface area (Å²) in [4.78, 5) is 24.3. The lowest BCUT2D eigenvalue weighted by atomic mass is 10.3. The first-order chi connectivity index (χ1) is 11.3. The molecule has 0 aliphatic carbocycles. The fourth-order valence-electron chi connectivity index (χ4n) is 2.15. The number of amides is 1. The summed E-state index contributed by atoms with van der Waals surface area (Å²) in [6.07, 6.45) is 9.92. The van der Waals surface area contributed by atoms with Crippen molar-refractivity contribution in [3.8, 4) is 5.82 Å². The molecule has 4 aromatic rings. The molecule has 120 valence electrons. The first kappa shape index (κ1) is 15.3. The van der Waals surface area contributed by atoms with Gasteiger partial charge >= 0.3 is 0 Å². The Kier molecular flexibility index (Phi) is 4.02. The molecule has 8 nitrogen and oxygen atoms in total. The molecule has 24 heavy (non-hydrogen) atoms. The van der Waals surface area contributed by atoms with Crippen molar-refractivity contribution in [2.45, 2.75) is 7.43 Å². The van der Waals surface area contributed by atoms with E-state index in [1.54, 1.807) is 52.3 Å². The molecule has 0 unspecified atom stereocenters. The van der Waals surface area contributed by atoms with Gasteiger partial charge in [-0.05, 0) is 24.3 Å². The lowest BCUT2D eigenvalue weighted by Gasteiger charge is -2.00. The van der Waals surface area contributed by atoms with E-state index < -0.39 is 0 Å². The Hall–Kier alpha value is -3.55. The zero-order valence-corrected chi connectivity index (χ0v) is 11.9. The van der Waals surface area contributed by atoms with Crippen molar-refractivity contribution in [3.63, 3.8) is 0 Å². The highest BCUT2D eigenvalue weighted by atomic mass is 16.1. The largest absolute Gasteiger partial charge is 0.305 e. The number of imidazole rings is 2. The van der Waals surface area contributed by atoms with E-state index in [-0.39, 0.29) is 13.3 Å². The number of rotatable bonds is 3. The van der Waals surface area contributed by atoms with E-state index in [1.807, 2.05) is 12.1 Å². The number of nitrogens with zero attached hydrogens (tertiary/aromatic N) is 6. The molecule has 0 aromatic carbocycles. The van der Waals surface area contributed by atoms with E-state index in [0.29, 0.717) is 22.8 Å². The molecule has 4 rings (SSSR count). The fraction of sp³-hybridized carbons (Fsp3) is 0.0625. The number of pyridine rings is 1. The molecule has 0 aliphatic rings. The molecule has 1 amide bonds. The summed E-state index contributed by atoms with van der Waals surface area (Å²) in [7, 11) is 0. The number of hydrogen-bond acceptors (Lipinski definition) is 5. The van der Waals surface area contributed by atoms with Gasteiger partial charge in [-0.2, -0.15) is 0 Å². The average molecular weight is 321 g/mol. The Balaban J connectivity index is 0.00000169. The number of anilines is 1. The van der Waals surface area contributed by atoms with Crippen LogP contribution in [0, 0.1) is 0 Å². The molecule has 0 fully saturated rings. The zero-order chi connectivity index (χ0) is 15.6. The maximum absolute atomic E-state index is 12.1. The topological polar surface area (TPSA) is 90.0 Å². The third-order valence-corrected chi connectivity index (χ3v) is 3.24. The van der Waals surface area contributed by atoms with Gasteiger partial charge in [0.1, 0.15) is 6.33 Å². The SMILES string of the molecule is C.O=C(Nc1cn2nc(-n3ccnc3)ccc2n1)c1cccnc1. The third kappa shape index (κ3) is 2.84. The van der Waals surface area contributed by atoms with Crippen LogP contribution >= 0.6 is 0 Å². The van der Waals surface area contributed by atoms with Gasteiger partial charge in [0.15, 0.2) is 17.3 Å². The molecular weight excluding hydrogens is 306 g/mol. The van der Waals surface area contributed by atoms with E-state index in [2.05, 4.69) is 25.4 Å². The van der Waals surface area contributed by atoms with Crippen molar-refractivity contribution >= 4 is 17.4 Å². The molecule has 0 saturated carbocycles. The number of carbonyl (C=O) groups excluding carboxylic acids is 1. The van der Waals surface area contributed by atoms with Gasteiger partial charge in [-0.3, -0.25) is 14.3 Å². The van der Waals surface area contributed by atoms with Crippen LogP contribution in [-0.4, -0.2) is 35.0 Å². The van der Waals surface area contributed by atoms with Crippen LogP contribution in [0.1, 0.15) is 17.8 Å². The van der Waals surface area contributed by atoms with Gasteiger partial charge in [0.25, 0.3) is 5.91 Å². The van der Waals surface area contributed by atoms with Crippen molar-refractivity contribution in [2.24, 2.45) is 0 Å². The van der Waals surface area contributed by atoms with E-state index >= 15 is 0 Å². The van der Waals surface area contributed by atoms with Gasteiger partial charge in [-0.1, -0.05) is 7.43 Å². The Bertz CT molecular complexity index is 961. The highest BCUT2D eigenvalue weighted by molar-refractivity contribution is 6.03. The minimum atomic E-state index is -0.267. The summed E-state index contributed by atoms with van der Waals surface area (Å²) in [5, 5.41) is 7.16. The Morgan fingerprint density at radius 3 is 2.79 bits per heavy atom. The van der Waals surface area contributed by atoms with E-state index in [4.69, 9.17) is 0 Å². The molecule has 0 saturated heterocycles. The van der Waals surface area contributed by atoms with Crippen molar-refractivity contribution in [1.29, 1.82) is 0 Å². The van der Waals surface area contributed by atoms with Crippen molar-refractivity contribution in [2.75, 3.05) is 5.32 Å². The molecule has 0 atom stereocenters. The maximum Gasteiger partial charge on any atom is 0.258 e. The molecule has 0 aliphatic heterocycles. The standard InChI is InChI=1S/C15H11N7O.CH4/c23-15(11-2-1-5-16-8-11)19-12-9-22-13(18-12)3-4-14(20-22)21-7-6-17-10-21;/h1-10H,(H,19,23);1H4. The Morgan fingerprint density at radius 1 is 1.12 bits per heavy atom. The second-order valence-corrected chi connectivity index (χ2v) is 4.79. The first-order valence-electron chi connectivity index (χ1n) is 6.86. The van der Waals surface area contributed by atoms with Crippen LogP contribution in [0.2, 0.25) is 0 Å². The van der Waals surface area contributed by atoms with Crippen molar-refractivity contribution in [1.82, 2.24) is 29.1 Å². The van der Waals surface area contributed by atoms with Crippen LogP contribution in [-0.2, 0) is 0 Å². The predicted molar refractivity (Wildman–Crippen MR) is 89.0 cm³/mol. The van der Waals surface area contributed by atoms with E-state index in [9.17, 15) is 4.79 Å². The van der Waals surface area contributed by atoms with Gasteiger partial charge in [-0.15, -0.1) is 5.10 Å². The van der Waals surface area contributed by atoms with Crippen molar-refractivity contribution in [3.05, 3.63) is 67.1 Å². The number of hydrogen-bond donors (Lipinski definition) is 1. The average Bonchev–Trinajstić information content (AvgIpc) is 3.24. The number of nitrogens with one attached hydrogen (secondary N) is 1. The van der Waals surface area contributed by atoms with E-state index in [1.165, 1.54) is 6.20 Å². The van der Waals surface area contributed by atoms with Gasteiger partial charge in [-0.25, -0.2) is 14.5 Å². The minimum Gasteiger partial charge on any atom is -0.305 e. The molecule has 4 heterocycles. The fourth-order valence-corrected chi connectivity index (χ4v) is 2.15. The van der Waals surface area contributed by atoms with Crippen LogP contribution in [0.4, 0.5) is 5.82 Å². The summed E-state index contributed by atoms with van der Waals surface area (Å²) in [6.45, 7) is 0. The van der Waals surface area contributed by atoms with Gasteiger partial charge in [0.2, 0.25) is 0 Å². The zero-order valence-electron chi connectivity index (χ0n) is 11.9. The second kappa shape index (κ2) is 6.29. The number of fused-ring (bicyclic) bond motifs is 1.